The second-order valence-corrected chi connectivity index (χ2v) is 6.14. The van der Waals surface area contributed by atoms with Crippen molar-refractivity contribution < 1.29 is 9.59 Å². The van der Waals surface area contributed by atoms with E-state index in [-0.39, 0.29) is 18.4 Å². The molecule has 0 aliphatic carbocycles. The molecule has 0 aliphatic rings. The molecule has 6 nitrogen and oxygen atoms in total. The lowest BCUT2D eigenvalue weighted by atomic mass is 10.3. The molecule has 26 heavy (non-hydrogen) atoms. The Bertz CT molecular complexity index is 907. The minimum Gasteiger partial charge on any atom is -0.331 e. The summed E-state index contributed by atoms with van der Waals surface area (Å²) < 4.78 is 1.69. The molecule has 2 aromatic carbocycles. The molecular formula is C19H17ClN4O2. The smallest absolute Gasteiger partial charge is 0.272 e. The van der Waals surface area contributed by atoms with E-state index in [4.69, 9.17) is 11.6 Å². The number of hydrogen-bond donors (Lipinski definition) is 1. The van der Waals surface area contributed by atoms with Crippen molar-refractivity contribution in [3.05, 3.63) is 77.8 Å². The van der Waals surface area contributed by atoms with Gasteiger partial charge < -0.3 is 10.2 Å². The second-order valence-electron chi connectivity index (χ2n) is 5.70. The fraction of sp³-hybridized carbons (Fsp3) is 0.105. The number of carbonyl (C=O) groups is 2. The average molecular weight is 369 g/mol. The van der Waals surface area contributed by atoms with Gasteiger partial charge in [-0.15, -0.1) is 0 Å². The minimum absolute atomic E-state index is 0.0819. The topological polar surface area (TPSA) is 67.2 Å². The van der Waals surface area contributed by atoms with E-state index in [2.05, 4.69) is 10.3 Å². The molecule has 3 aromatic rings. The number of rotatable bonds is 5. The first-order valence-corrected chi connectivity index (χ1v) is 8.31. The van der Waals surface area contributed by atoms with Gasteiger partial charge >= 0.3 is 0 Å². The summed E-state index contributed by atoms with van der Waals surface area (Å²) in [6.07, 6.45) is 3.06. The zero-order valence-corrected chi connectivity index (χ0v) is 14.8. The van der Waals surface area contributed by atoms with Gasteiger partial charge in [0.25, 0.3) is 5.91 Å². The molecule has 0 atom stereocenters. The van der Waals surface area contributed by atoms with Crippen molar-refractivity contribution in [3.63, 3.8) is 0 Å². The van der Waals surface area contributed by atoms with Crippen LogP contribution in [-0.2, 0) is 4.79 Å². The molecule has 132 valence electrons. The third kappa shape index (κ3) is 4.10. The van der Waals surface area contributed by atoms with Crippen LogP contribution in [-0.4, -0.2) is 39.9 Å². The van der Waals surface area contributed by atoms with Crippen LogP contribution >= 0.6 is 11.6 Å². The fourth-order valence-electron chi connectivity index (χ4n) is 2.46. The van der Waals surface area contributed by atoms with E-state index in [9.17, 15) is 9.59 Å². The number of carbonyl (C=O) groups excluding carboxylic acids is 2. The van der Waals surface area contributed by atoms with Crippen LogP contribution in [0.3, 0.4) is 0 Å². The van der Waals surface area contributed by atoms with Crippen molar-refractivity contribution >= 4 is 29.1 Å². The number of amides is 2. The van der Waals surface area contributed by atoms with Crippen molar-refractivity contribution in [2.24, 2.45) is 0 Å². The maximum Gasteiger partial charge on any atom is 0.272 e. The monoisotopic (exact) mass is 368 g/mol. The molecule has 1 heterocycles. The van der Waals surface area contributed by atoms with Gasteiger partial charge in [0.2, 0.25) is 5.91 Å². The number of likely N-dealkylation sites (N-methyl/N-ethyl adjacent to an activating group) is 1. The lowest BCUT2D eigenvalue weighted by Crippen LogP contribution is -2.35. The summed E-state index contributed by atoms with van der Waals surface area (Å²) in [5.41, 5.74) is 1.83. The number of halogens is 1. The summed E-state index contributed by atoms with van der Waals surface area (Å²) in [6, 6.07) is 16.2. The Balaban J connectivity index is 1.68. The Hall–Kier alpha value is -3.12. The molecule has 0 radical (unpaired) electrons. The number of nitrogens with zero attached hydrogens (tertiary/aromatic N) is 3. The first-order valence-electron chi connectivity index (χ1n) is 7.93. The van der Waals surface area contributed by atoms with Crippen molar-refractivity contribution in [3.8, 4) is 5.69 Å². The highest BCUT2D eigenvalue weighted by Crippen LogP contribution is 2.14. The van der Waals surface area contributed by atoms with Crippen LogP contribution < -0.4 is 5.32 Å². The number of para-hydroxylation sites is 1. The molecule has 7 heteroatoms. The Labute approximate surface area is 156 Å². The number of hydrogen-bond acceptors (Lipinski definition) is 3. The quantitative estimate of drug-likeness (QED) is 0.751. The Morgan fingerprint density at radius 3 is 2.50 bits per heavy atom. The van der Waals surface area contributed by atoms with Crippen molar-refractivity contribution in [2.45, 2.75) is 0 Å². The summed E-state index contributed by atoms with van der Waals surface area (Å²) in [6.45, 7) is -0.0819. The van der Waals surface area contributed by atoms with Crippen molar-refractivity contribution in [2.75, 3.05) is 18.9 Å². The second kappa shape index (κ2) is 7.84. The van der Waals surface area contributed by atoms with E-state index in [1.165, 1.54) is 11.1 Å². The molecule has 0 spiro atoms. The van der Waals surface area contributed by atoms with E-state index < -0.39 is 0 Å². The summed E-state index contributed by atoms with van der Waals surface area (Å²) in [5.74, 6) is -0.591. The molecular weight excluding hydrogens is 352 g/mol. The van der Waals surface area contributed by atoms with Gasteiger partial charge in [-0.25, -0.2) is 4.98 Å². The molecule has 0 unspecified atom stereocenters. The van der Waals surface area contributed by atoms with Gasteiger partial charge in [-0.1, -0.05) is 29.8 Å². The van der Waals surface area contributed by atoms with E-state index >= 15 is 0 Å². The Morgan fingerprint density at radius 2 is 1.81 bits per heavy atom. The summed E-state index contributed by atoms with van der Waals surface area (Å²) in [5, 5.41) is 3.32. The summed E-state index contributed by atoms with van der Waals surface area (Å²) in [7, 11) is 1.58. The number of anilines is 1. The van der Waals surface area contributed by atoms with Crippen LogP contribution in [0.15, 0.2) is 67.1 Å². The van der Waals surface area contributed by atoms with E-state index in [1.807, 2.05) is 30.3 Å². The number of aromatic nitrogens is 2. The fourth-order valence-corrected chi connectivity index (χ4v) is 2.59. The first kappa shape index (κ1) is 17.7. The van der Waals surface area contributed by atoms with Crippen LogP contribution in [0.5, 0.6) is 0 Å². The molecule has 3 rings (SSSR count). The number of nitrogens with one attached hydrogen (secondary N) is 1. The van der Waals surface area contributed by atoms with E-state index in [1.54, 1.807) is 42.2 Å². The van der Waals surface area contributed by atoms with Crippen LogP contribution in [0.2, 0.25) is 5.02 Å². The summed E-state index contributed by atoms with van der Waals surface area (Å²) in [4.78, 5) is 30.3. The zero-order valence-electron chi connectivity index (χ0n) is 14.1. The standard InChI is InChI=1S/C19H17ClN4O2/c1-23(12-18(25)22-15-9-7-14(20)8-10-15)19(26)17-11-21-13-24(17)16-5-3-2-4-6-16/h2-11,13H,12H2,1H3,(H,22,25). The molecule has 0 saturated heterocycles. The third-order valence-corrected chi connectivity index (χ3v) is 4.00. The first-order chi connectivity index (χ1) is 12.5. The van der Waals surface area contributed by atoms with Gasteiger partial charge in [0.05, 0.1) is 19.1 Å². The van der Waals surface area contributed by atoms with Crippen molar-refractivity contribution in [1.29, 1.82) is 0 Å². The molecule has 2 amide bonds. The van der Waals surface area contributed by atoms with Gasteiger partial charge in [0, 0.05) is 23.4 Å². The molecule has 1 aromatic heterocycles. The SMILES string of the molecule is CN(CC(=O)Nc1ccc(Cl)cc1)C(=O)c1cncn1-c1ccccc1. The zero-order chi connectivity index (χ0) is 18.5. The summed E-state index contributed by atoms with van der Waals surface area (Å²) >= 11 is 5.82. The van der Waals surface area contributed by atoms with E-state index in [0.717, 1.165) is 5.69 Å². The molecule has 1 N–H and O–H groups in total. The van der Waals surface area contributed by atoms with Crippen LogP contribution in [0, 0.1) is 0 Å². The highest BCUT2D eigenvalue weighted by atomic mass is 35.5. The predicted octanol–water partition coefficient (Wildman–Crippen LogP) is 3.24. The maximum absolute atomic E-state index is 12.7. The Morgan fingerprint density at radius 1 is 1.12 bits per heavy atom. The lowest BCUT2D eigenvalue weighted by Gasteiger charge is -2.17. The normalized spacial score (nSPS) is 10.4. The third-order valence-electron chi connectivity index (χ3n) is 3.75. The van der Waals surface area contributed by atoms with Crippen molar-refractivity contribution in [1.82, 2.24) is 14.5 Å². The van der Waals surface area contributed by atoms with Crippen LogP contribution in [0.4, 0.5) is 5.69 Å². The van der Waals surface area contributed by atoms with Gasteiger partial charge in [-0.3, -0.25) is 14.2 Å². The largest absolute Gasteiger partial charge is 0.331 e. The predicted molar refractivity (Wildman–Crippen MR) is 101 cm³/mol. The minimum atomic E-state index is -0.297. The van der Waals surface area contributed by atoms with Gasteiger partial charge in [0.15, 0.2) is 0 Å². The number of benzene rings is 2. The average Bonchev–Trinajstić information content (AvgIpc) is 3.13. The number of imidazole rings is 1. The highest BCUT2D eigenvalue weighted by molar-refractivity contribution is 6.30. The maximum atomic E-state index is 12.7. The van der Waals surface area contributed by atoms with Gasteiger partial charge in [0.1, 0.15) is 5.69 Å². The van der Waals surface area contributed by atoms with Gasteiger partial charge in [-0.2, -0.15) is 0 Å². The molecule has 0 aliphatic heterocycles. The molecule has 0 saturated carbocycles. The van der Waals surface area contributed by atoms with Gasteiger partial charge in [-0.05, 0) is 36.4 Å². The molecule has 0 fully saturated rings. The van der Waals surface area contributed by atoms with E-state index in [0.29, 0.717) is 16.4 Å². The molecule has 0 bridgehead atoms. The Kier molecular flexibility index (Phi) is 5.34. The van der Waals surface area contributed by atoms with Crippen LogP contribution in [0.25, 0.3) is 5.69 Å². The highest BCUT2D eigenvalue weighted by Gasteiger charge is 2.19. The lowest BCUT2D eigenvalue weighted by molar-refractivity contribution is -0.116. The van der Waals surface area contributed by atoms with Crippen LogP contribution in [0.1, 0.15) is 10.5 Å².